The lowest BCUT2D eigenvalue weighted by Gasteiger charge is -2.05. The van der Waals surface area contributed by atoms with Crippen LogP contribution in [0.15, 0.2) is 21.1 Å². The van der Waals surface area contributed by atoms with Gasteiger partial charge < -0.3 is 10.0 Å². The van der Waals surface area contributed by atoms with E-state index >= 15 is 0 Å². The third-order valence-electron chi connectivity index (χ3n) is 1.34. The number of rotatable bonds is 1. The van der Waals surface area contributed by atoms with Gasteiger partial charge in [-0.2, -0.15) is 0 Å². The molecule has 0 aliphatic rings. The first kappa shape index (κ1) is 10.2. The van der Waals surface area contributed by atoms with Crippen LogP contribution in [0, 0.1) is 5.82 Å². The van der Waals surface area contributed by atoms with Crippen LogP contribution in [0.4, 0.5) is 4.39 Å². The van der Waals surface area contributed by atoms with E-state index in [9.17, 15) is 4.39 Å². The first-order chi connectivity index (χ1) is 5.54. The van der Waals surface area contributed by atoms with E-state index in [0.717, 1.165) is 0 Å². The Kier molecular flexibility index (Phi) is 3.28. The maximum atomic E-state index is 13.1. The van der Waals surface area contributed by atoms with Gasteiger partial charge in [0.1, 0.15) is 5.82 Å². The van der Waals surface area contributed by atoms with Crippen LogP contribution in [-0.2, 0) is 0 Å². The fourth-order valence-corrected chi connectivity index (χ4v) is 1.64. The lowest BCUT2D eigenvalue weighted by atomic mass is 9.80. The van der Waals surface area contributed by atoms with Crippen molar-refractivity contribution < 1.29 is 14.4 Å². The zero-order valence-electron chi connectivity index (χ0n) is 5.76. The molecule has 6 heteroatoms. The summed E-state index contributed by atoms with van der Waals surface area (Å²) in [7, 11) is -1.81. The van der Waals surface area contributed by atoms with Gasteiger partial charge in [0, 0.05) is 9.94 Å². The average molecular weight is 298 g/mol. The Labute approximate surface area is 85.8 Å². The molecule has 0 atom stereocenters. The number of halogens is 3. The van der Waals surface area contributed by atoms with Gasteiger partial charge in [0.2, 0.25) is 0 Å². The molecule has 2 N–H and O–H groups in total. The standard InChI is InChI=1S/C6H4BBr2FO2/c8-3-1-2-4(9)6(10)5(3)7(11)12/h1-2,11-12H. The van der Waals surface area contributed by atoms with Gasteiger partial charge in [-0.3, -0.25) is 0 Å². The smallest absolute Gasteiger partial charge is 0.423 e. The Morgan fingerprint density at radius 1 is 1.17 bits per heavy atom. The van der Waals surface area contributed by atoms with Crippen molar-refractivity contribution in [1.29, 1.82) is 0 Å². The fraction of sp³-hybridized carbons (Fsp3) is 0. The van der Waals surface area contributed by atoms with E-state index in [1.165, 1.54) is 12.1 Å². The molecule has 1 aromatic carbocycles. The predicted molar refractivity (Wildman–Crippen MR) is 51.6 cm³/mol. The van der Waals surface area contributed by atoms with Crippen molar-refractivity contribution in [2.24, 2.45) is 0 Å². The average Bonchev–Trinajstić information content (AvgIpc) is 1.97. The van der Waals surface area contributed by atoms with Crippen LogP contribution in [0.25, 0.3) is 0 Å². The summed E-state index contributed by atoms with van der Waals surface area (Å²) in [6.07, 6.45) is 0. The van der Waals surface area contributed by atoms with Gasteiger partial charge in [0.05, 0.1) is 4.47 Å². The van der Waals surface area contributed by atoms with E-state index in [-0.39, 0.29) is 9.94 Å². The van der Waals surface area contributed by atoms with E-state index in [0.29, 0.717) is 4.47 Å². The highest BCUT2D eigenvalue weighted by atomic mass is 79.9. The molecule has 0 amide bonds. The molecule has 2 nitrogen and oxygen atoms in total. The highest BCUT2D eigenvalue weighted by Gasteiger charge is 2.21. The first-order valence-electron chi connectivity index (χ1n) is 3.03. The third-order valence-corrected chi connectivity index (χ3v) is 2.64. The van der Waals surface area contributed by atoms with Crippen LogP contribution in [0.2, 0.25) is 0 Å². The predicted octanol–water partition coefficient (Wildman–Crippen LogP) is 1.03. The molecule has 0 bridgehead atoms. The van der Waals surface area contributed by atoms with Crippen LogP contribution < -0.4 is 5.46 Å². The largest absolute Gasteiger partial charge is 0.492 e. The molecule has 0 spiro atoms. The lowest BCUT2D eigenvalue weighted by molar-refractivity contribution is 0.422. The number of hydrogen-bond donors (Lipinski definition) is 2. The van der Waals surface area contributed by atoms with E-state index in [1.54, 1.807) is 0 Å². The molecule has 64 valence electrons. The fourth-order valence-electron chi connectivity index (χ4n) is 0.779. The van der Waals surface area contributed by atoms with Crippen LogP contribution in [0.5, 0.6) is 0 Å². The number of benzene rings is 1. The Morgan fingerprint density at radius 2 is 1.67 bits per heavy atom. The normalized spacial score (nSPS) is 10.1. The van der Waals surface area contributed by atoms with Gasteiger partial charge in [-0.15, -0.1) is 0 Å². The van der Waals surface area contributed by atoms with Crippen molar-refractivity contribution in [3.63, 3.8) is 0 Å². The molecule has 12 heavy (non-hydrogen) atoms. The second-order valence-electron chi connectivity index (χ2n) is 2.13. The highest BCUT2D eigenvalue weighted by molar-refractivity contribution is 9.11. The van der Waals surface area contributed by atoms with Gasteiger partial charge in [-0.05, 0) is 28.1 Å². The van der Waals surface area contributed by atoms with Gasteiger partial charge >= 0.3 is 7.12 Å². The van der Waals surface area contributed by atoms with Crippen molar-refractivity contribution in [3.8, 4) is 0 Å². The van der Waals surface area contributed by atoms with Crippen molar-refractivity contribution in [1.82, 2.24) is 0 Å². The monoisotopic (exact) mass is 296 g/mol. The second-order valence-corrected chi connectivity index (χ2v) is 3.84. The van der Waals surface area contributed by atoms with Gasteiger partial charge in [-0.25, -0.2) is 4.39 Å². The van der Waals surface area contributed by atoms with Crippen molar-refractivity contribution >= 4 is 44.4 Å². The molecule has 0 fully saturated rings. The minimum Gasteiger partial charge on any atom is -0.423 e. The summed E-state index contributed by atoms with van der Waals surface area (Å²) in [5, 5.41) is 17.5. The summed E-state index contributed by atoms with van der Waals surface area (Å²) in [4.78, 5) is 0. The molecule has 0 aromatic heterocycles. The molecule has 0 aliphatic carbocycles. The molecule has 0 unspecified atom stereocenters. The second kappa shape index (κ2) is 3.87. The topological polar surface area (TPSA) is 40.5 Å². The molecular formula is C6H4BBr2FO2. The molecule has 0 heterocycles. The number of hydrogen-bond acceptors (Lipinski definition) is 2. The quantitative estimate of drug-likeness (QED) is 0.600. The van der Waals surface area contributed by atoms with Crippen LogP contribution in [0.1, 0.15) is 0 Å². The maximum Gasteiger partial charge on any atom is 0.492 e. The minimum absolute atomic E-state index is 0.163. The van der Waals surface area contributed by atoms with Gasteiger partial charge in [-0.1, -0.05) is 15.9 Å². The third kappa shape index (κ3) is 1.88. The van der Waals surface area contributed by atoms with Gasteiger partial charge in [0.15, 0.2) is 0 Å². The highest BCUT2D eigenvalue weighted by Crippen LogP contribution is 2.18. The van der Waals surface area contributed by atoms with Crippen molar-refractivity contribution in [3.05, 3.63) is 26.9 Å². The molecule has 0 saturated heterocycles. The zero-order chi connectivity index (χ0) is 9.30. The Morgan fingerprint density at radius 3 is 2.08 bits per heavy atom. The molecule has 1 rings (SSSR count). The van der Waals surface area contributed by atoms with Crippen LogP contribution in [0.3, 0.4) is 0 Å². The van der Waals surface area contributed by atoms with E-state index in [1.807, 2.05) is 0 Å². The summed E-state index contributed by atoms with van der Waals surface area (Å²) in [6, 6.07) is 3.01. The first-order valence-corrected chi connectivity index (χ1v) is 4.62. The lowest BCUT2D eigenvalue weighted by Crippen LogP contribution is -2.34. The minimum atomic E-state index is -1.81. The molecule has 0 saturated carbocycles. The summed E-state index contributed by atoms with van der Waals surface area (Å²) in [5.74, 6) is -0.667. The zero-order valence-corrected chi connectivity index (χ0v) is 8.93. The van der Waals surface area contributed by atoms with E-state index < -0.39 is 12.9 Å². The van der Waals surface area contributed by atoms with Crippen LogP contribution in [-0.4, -0.2) is 17.2 Å². The Hall–Kier alpha value is 0.0949. The molecule has 1 aromatic rings. The summed E-state index contributed by atoms with van der Waals surface area (Å²) < 4.78 is 13.7. The van der Waals surface area contributed by atoms with Crippen molar-refractivity contribution in [2.45, 2.75) is 0 Å². The van der Waals surface area contributed by atoms with E-state index in [2.05, 4.69) is 31.9 Å². The molecule has 0 radical (unpaired) electrons. The summed E-state index contributed by atoms with van der Waals surface area (Å²) >= 11 is 5.93. The molecular weight excluding hydrogens is 294 g/mol. The van der Waals surface area contributed by atoms with Crippen molar-refractivity contribution in [2.75, 3.05) is 0 Å². The van der Waals surface area contributed by atoms with E-state index in [4.69, 9.17) is 10.0 Å². The van der Waals surface area contributed by atoms with Gasteiger partial charge in [0.25, 0.3) is 0 Å². The SMILES string of the molecule is OB(O)c1c(Br)ccc(Br)c1F. The molecule has 0 aliphatic heterocycles. The van der Waals surface area contributed by atoms with Crippen LogP contribution >= 0.6 is 31.9 Å². The summed E-state index contributed by atoms with van der Waals surface area (Å²) in [5.41, 5.74) is -0.163. The maximum absolute atomic E-state index is 13.1. The Bertz CT molecular complexity index is 306. The Balaban J connectivity index is 3.33. The summed E-state index contributed by atoms with van der Waals surface area (Å²) in [6.45, 7) is 0.